The Hall–Kier alpha value is -8.68. The quantitative estimate of drug-likeness (QED) is 0.110. The molecule has 2 fully saturated rings. The molecule has 119 heavy (non-hydrogen) atoms. The van der Waals surface area contributed by atoms with Gasteiger partial charge in [0.1, 0.15) is 16.0 Å². The monoisotopic (exact) mass is 1840 g/mol. The van der Waals surface area contributed by atoms with E-state index in [4.69, 9.17) is 4.74 Å². The number of carbonyl (C=O) groups is 8. The summed E-state index contributed by atoms with van der Waals surface area (Å²) in [5.74, 6) is 1.12. The summed E-state index contributed by atoms with van der Waals surface area (Å²) in [6, 6.07) is 47.2. The minimum atomic E-state index is -0.869. The molecule has 5 aromatic carbocycles. The minimum absolute atomic E-state index is 0. The van der Waals surface area contributed by atoms with Gasteiger partial charge in [0, 0.05) is 77.7 Å². The molecular weight excluding hydrogens is 1680 g/mol. The number of hydrogen-bond acceptors (Lipinski definition) is 11. The molecule has 13 amide bonds. The van der Waals surface area contributed by atoms with Gasteiger partial charge in [-0.2, -0.15) is 0 Å². The smallest absolute Gasteiger partial charge is 0.440 e. The molecule has 0 aliphatic carbocycles. The molecule has 0 saturated carbocycles. The molecule has 0 aromatic heterocycles. The Morgan fingerprint density at radius 3 is 1.26 bits per heavy atom. The fourth-order valence-electron chi connectivity index (χ4n) is 12.9. The van der Waals surface area contributed by atoms with Gasteiger partial charge >= 0.3 is 57.3 Å². The standard InChI is InChI=1S/C21H28N2O2.C17H23N3O2.C17H24N2O3.C17H24N2O2S.C14H21NO.5C2H6.CH4.W/c1-15(2)18-12-13-23(20(25)22(6)16(3)4)21(5,19(18)14-24)17-10-8-7-9-11-17;1-11(2)19(5)17(22)20-15(14-9-7-6-8-10-14)12(3)13(4)18-16(20)21;1-12(2)18(6)14(20)19-15(21)22-16(3,4)17(19,5)13-10-8-7-9-11-13;1-12(2)18(6)15(21)19-14(20)16(3,4)22-17(19,5)13-10-8-7-9-11-13;1-11(2)15(5)13(16)14(3,4)12-9-7-6-8-10-12;5*1-2;;/h7-11,16H,12-13H2,1-6H3;6-11,15H,1-5H3,(H,18,21);2*7-12H,1-6H3;6-11H,1-5H3;5*1-2H3;1H4;/q-2;;;;;;;;;;;+2. The van der Waals surface area contributed by atoms with Crippen LogP contribution >= 0.6 is 11.8 Å². The van der Waals surface area contributed by atoms with Gasteiger partial charge in [-0.25, -0.2) is 43.5 Å². The molecule has 0 bridgehead atoms. The average molecular weight is 1840 g/mol. The van der Waals surface area contributed by atoms with Crippen LogP contribution in [0.3, 0.4) is 0 Å². The topological polar surface area (TPSA) is 204 Å². The van der Waals surface area contributed by atoms with Crippen molar-refractivity contribution in [2.75, 3.05) is 41.8 Å². The van der Waals surface area contributed by atoms with Crippen molar-refractivity contribution >= 4 is 66.1 Å². The number of cyclic esters (lactones) is 1. The van der Waals surface area contributed by atoms with Crippen molar-refractivity contribution in [2.24, 2.45) is 0 Å². The zero-order valence-electron chi connectivity index (χ0n) is 79.2. The first kappa shape index (κ1) is 114. The maximum absolute atomic E-state index is 13.2. The number of ether oxygens (including phenoxy) is 1. The van der Waals surface area contributed by atoms with Crippen LogP contribution in [0.5, 0.6) is 0 Å². The summed E-state index contributed by atoms with van der Waals surface area (Å²) in [4.78, 5) is 127. The van der Waals surface area contributed by atoms with Gasteiger partial charge in [0.25, 0.3) is 0 Å². The van der Waals surface area contributed by atoms with Gasteiger partial charge in [-0.05, 0) is 177 Å². The fourth-order valence-corrected chi connectivity index (χ4v) is 14.5. The van der Waals surface area contributed by atoms with Crippen LogP contribution in [0.4, 0.5) is 28.8 Å². The second-order valence-electron chi connectivity index (χ2n) is 31.4. The van der Waals surface area contributed by atoms with Crippen molar-refractivity contribution in [3.63, 3.8) is 0 Å². The summed E-state index contributed by atoms with van der Waals surface area (Å²) in [7, 11) is 8.80. The van der Waals surface area contributed by atoms with Crippen LogP contribution in [0, 0.1) is 5.92 Å². The van der Waals surface area contributed by atoms with E-state index in [2.05, 4.69) is 11.6 Å². The molecule has 22 heteroatoms. The number of hydrogen-bond donors (Lipinski definition) is 1. The third-order valence-corrected chi connectivity index (χ3v) is 23.0. The molecule has 5 aromatic rings. The Morgan fingerprint density at radius 1 is 0.521 bits per heavy atom. The second-order valence-corrected chi connectivity index (χ2v) is 33.4. The van der Waals surface area contributed by atoms with Crippen LogP contribution in [0.15, 0.2) is 174 Å². The van der Waals surface area contributed by atoms with Gasteiger partial charge in [0.2, 0.25) is 11.8 Å². The number of urea groups is 5. The van der Waals surface area contributed by atoms with E-state index < -0.39 is 37.8 Å². The van der Waals surface area contributed by atoms with E-state index in [0.29, 0.717) is 18.5 Å². The number of thioether (sulfide) groups is 1. The molecule has 2 saturated heterocycles. The van der Waals surface area contributed by atoms with Gasteiger partial charge in [0.05, 0.1) is 16.2 Å². The molecule has 664 valence electrons. The molecule has 0 radical (unpaired) electrons. The van der Waals surface area contributed by atoms with E-state index in [1.807, 2.05) is 392 Å². The summed E-state index contributed by atoms with van der Waals surface area (Å²) in [5.41, 5.74) is 5.13. The van der Waals surface area contributed by atoms with Gasteiger partial charge in [-0.3, -0.25) is 15.2 Å². The van der Waals surface area contributed by atoms with E-state index in [-0.39, 0.29) is 107 Å². The van der Waals surface area contributed by atoms with Crippen molar-refractivity contribution in [2.45, 2.75) is 310 Å². The van der Waals surface area contributed by atoms with E-state index in [1.54, 1.807) is 52.7 Å². The van der Waals surface area contributed by atoms with Crippen LogP contribution < -0.4 is 5.32 Å². The van der Waals surface area contributed by atoms with Crippen molar-refractivity contribution in [3.8, 4) is 0 Å². The Kier molecular flexibility index (Phi) is 49.9. The second kappa shape index (κ2) is 51.8. The van der Waals surface area contributed by atoms with Gasteiger partial charge in [-0.15, -0.1) is 38.3 Å². The van der Waals surface area contributed by atoms with Crippen molar-refractivity contribution < 1.29 is 69.0 Å². The largest absolute Gasteiger partial charge is 2.00 e. The number of nitrogens with zero attached hydrogens (tertiary/aromatic N) is 9. The van der Waals surface area contributed by atoms with Gasteiger partial charge in [-0.1, -0.05) is 235 Å². The first-order valence-electron chi connectivity index (χ1n) is 41.9. The van der Waals surface area contributed by atoms with E-state index in [9.17, 15) is 43.2 Å². The fraction of sp³-hybridized carbons (Fsp3) is 0.546. The molecule has 4 heterocycles. The maximum atomic E-state index is 13.2. The number of rotatable bonds is 13. The Labute approximate surface area is 739 Å². The van der Waals surface area contributed by atoms with Crippen LogP contribution in [0.2, 0.25) is 0 Å². The van der Waals surface area contributed by atoms with Gasteiger partial charge in [0.15, 0.2) is 0 Å². The van der Waals surface area contributed by atoms with Crippen LogP contribution in [-0.2, 0) is 61.5 Å². The zero-order chi connectivity index (χ0) is 91.0. The normalized spacial score (nSPS) is 18.4. The average Bonchev–Trinajstić information content (AvgIpc) is 1.62. The predicted octanol–water partition coefficient (Wildman–Crippen LogP) is 23.5. The Morgan fingerprint density at radius 2 is 0.874 bits per heavy atom. The number of carbonyl (C=O) groups excluding carboxylic acids is 9. The molecule has 1 N–H and O–H groups in total. The molecule has 4 aliphatic rings. The van der Waals surface area contributed by atoms with Crippen molar-refractivity contribution in [1.29, 1.82) is 0 Å². The van der Waals surface area contributed by atoms with Crippen LogP contribution in [0.25, 0.3) is 0 Å². The van der Waals surface area contributed by atoms with Gasteiger partial charge < -0.3 is 55.7 Å². The Balaban J connectivity index is -0.00000138. The third kappa shape index (κ3) is 27.4. The SMILES string of the molecule is C.CC.CC.CC.CC.CC.CC(C)N(C)C(=O)C(C)(C)c1ccccc1.CC(C)N(C)C(=O)N1C(=O)C(C)(C)SC1(C)c1ccccc1.CC(C)N(C)C(=O)N1C(=O)OC(C)(C)C1(C)c1ccccc1.CC1=C(C)C(c2ccccc2)N(C(=O)N(C)C(C)C)C(=O)N1.C[C-](C)C1=C([C-]=O)C(C)(c2ccccc2)N(C(=O)N(C)C(C)C)CC1.[W+2]. The number of benzene rings is 5. The molecule has 4 atom stereocenters. The van der Waals surface area contributed by atoms with Crippen LogP contribution in [-0.4, -0.2) is 181 Å². The summed E-state index contributed by atoms with van der Waals surface area (Å²) in [5, 5.41) is 2.77. The summed E-state index contributed by atoms with van der Waals surface area (Å²) >= 11 is 1.53. The molecule has 20 nitrogen and oxygen atoms in total. The number of imide groups is 3. The zero-order valence-corrected chi connectivity index (χ0v) is 83.0. The first-order valence-corrected chi connectivity index (χ1v) is 42.7. The molecule has 4 unspecified atom stereocenters. The number of allylic oxidation sites excluding steroid dienone is 1. The Bertz CT molecular complexity index is 3960. The summed E-state index contributed by atoms with van der Waals surface area (Å²) in [6.45, 7) is 65.1. The maximum Gasteiger partial charge on any atom is 2.00 e. The van der Waals surface area contributed by atoms with Crippen molar-refractivity contribution in [3.05, 3.63) is 208 Å². The molecular formula is C97H154N10O10SW. The van der Waals surface area contributed by atoms with Crippen LogP contribution in [0.1, 0.15) is 276 Å². The summed E-state index contributed by atoms with van der Waals surface area (Å²) < 4.78 is 4.89. The molecule has 0 spiro atoms. The van der Waals surface area contributed by atoms with E-state index in [0.717, 1.165) is 50.6 Å². The van der Waals surface area contributed by atoms with E-state index in [1.165, 1.54) is 26.5 Å². The van der Waals surface area contributed by atoms with Crippen molar-refractivity contribution in [1.82, 2.24) is 49.4 Å². The molecule has 4 aliphatic heterocycles. The summed E-state index contributed by atoms with van der Waals surface area (Å²) in [6.07, 6.45) is 2.24. The number of amides is 13. The van der Waals surface area contributed by atoms with E-state index >= 15 is 0 Å². The molecule has 9 rings (SSSR count). The number of nitrogens with one attached hydrogen (secondary N) is 1. The third-order valence-electron chi connectivity index (χ3n) is 21.5. The first-order chi connectivity index (χ1) is 54.7. The number of likely N-dealkylation sites (N-methyl/N-ethyl adjacent to an activating group) is 1. The predicted molar refractivity (Wildman–Crippen MR) is 493 cm³/mol. The minimum Gasteiger partial charge on any atom is -0.440 e.